The summed E-state index contributed by atoms with van der Waals surface area (Å²) in [5, 5.41) is 10.2. The second-order valence-electron chi connectivity index (χ2n) is 2.04. The SMILES string of the molecule is Cc1nc(C)nc(C(=O)[O-])n1.[Cs+]. The zero-order valence-corrected chi connectivity index (χ0v) is 13.4. The molecule has 0 radical (unpaired) electrons. The topological polar surface area (TPSA) is 78.8 Å². The Morgan fingerprint density at radius 1 is 1.17 bits per heavy atom. The Balaban J connectivity index is 0.00000121. The van der Waals surface area contributed by atoms with Crippen molar-refractivity contribution in [1.82, 2.24) is 15.0 Å². The molecule has 0 saturated carbocycles. The van der Waals surface area contributed by atoms with Gasteiger partial charge in [0.05, 0.1) is 0 Å². The van der Waals surface area contributed by atoms with Gasteiger partial charge in [0.2, 0.25) is 0 Å². The van der Waals surface area contributed by atoms with Gasteiger partial charge in [-0.15, -0.1) is 0 Å². The Morgan fingerprint density at radius 2 is 1.58 bits per heavy atom. The number of aromatic nitrogens is 3. The van der Waals surface area contributed by atoms with E-state index in [4.69, 9.17) is 0 Å². The van der Waals surface area contributed by atoms with Crippen LogP contribution in [0, 0.1) is 13.8 Å². The van der Waals surface area contributed by atoms with Crippen molar-refractivity contribution >= 4 is 5.97 Å². The largest absolute Gasteiger partial charge is 1.00 e. The van der Waals surface area contributed by atoms with Crippen molar-refractivity contribution in [1.29, 1.82) is 0 Å². The maximum atomic E-state index is 10.2. The van der Waals surface area contributed by atoms with Gasteiger partial charge in [0, 0.05) is 0 Å². The maximum absolute atomic E-state index is 10.2. The van der Waals surface area contributed by atoms with Crippen molar-refractivity contribution in [3.63, 3.8) is 0 Å². The van der Waals surface area contributed by atoms with Crippen LogP contribution in [-0.2, 0) is 0 Å². The predicted octanol–water partition coefficient (Wildman–Crippen LogP) is -4.14. The van der Waals surface area contributed by atoms with Crippen molar-refractivity contribution < 1.29 is 78.8 Å². The summed E-state index contributed by atoms with van der Waals surface area (Å²) >= 11 is 0. The molecule has 5 nitrogen and oxygen atoms in total. The molecule has 6 heteroatoms. The predicted molar refractivity (Wildman–Crippen MR) is 33.6 cm³/mol. The van der Waals surface area contributed by atoms with E-state index in [1.165, 1.54) is 0 Å². The van der Waals surface area contributed by atoms with Crippen LogP contribution in [0.4, 0.5) is 0 Å². The summed E-state index contributed by atoms with van der Waals surface area (Å²) in [5.74, 6) is -0.915. The van der Waals surface area contributed by atoms with Crippen molar-refractivity contribution in [2.24, 2.45) is 0 Å². The summed E-state index contributed by atoms with van der Waals surface area (Å²) in [6, 6.07) is 0. The molecule has 0 aliphatic rings. The molecule has 0 amide bonds. The Hall–Kier alpha value is 0.532. The summed E-state index contributed by atoms with van der Waals surface area (Å²) < 4.78 is 0. The van der Waals surface area contributed by atoms with Crippen molar-refractivity contribution in [2.45, 2.75) is 13.8 Å². The first kappa shape index (κ1) is 12.5. The first-order chi connectivity index (χ1) is 5.09. The second kappa shape index (κ2) is 5.30. The molecular formula is C6H6CsN3O2. The molecule has 0 aliphatic heterocycles. The number of aryl methyl sites for hydroxylation is 2. The van der Waals surface area contributed by atoms with Gasteiger partial charge in [-0.1, -0.05) is 0 Å². The Bertz CT molecular complexity index is 283. The third-order valence-electron chi connectivity index (χ3n) is 1.04. The first-order valence-electron chi connectivity index (χ1n) is 3.00. The monoisotopic (exact) mass is 285 g/mol. The summed E-state index contributed by atoms with van der Waals surface area (Å²) in [7, 11) is 0. The third kappa shape index (κ3) is 3.50. The van der Waals surface area contributed by atoms with E-state index in [9.17, 15) is 9.90 Å². The molecule has 1 rings (SSSR count). The number of carbonyl (C=O) groups is 1. The van der Waals surface area contributed by atoms with E-state index in [1.54, 1.807) is 13.8 Å². The zero-order chi connectivity index (χ0) is 8.43. The van der Waals surface area contributed by atoms with Crippen LogP contribution >= 0.6 is 0 Å². The van der Waals surface area contributed by atoms with Crippen molar-refractivity contribution in [3.05, 3.63) is 17.5 Å². The standard InChI is InChI=1S/C6H7N3O2.Cs/c1-3-7-4(2)9-5(8-3)6(10)11;/h1-2H3,(H,10,11);/q;+1/p-1. The molecule has 0 fully saturated rings. The number of carboxylic acid groups (broad SMARTS) is 1. The first-order valence-corrected chi connectivity index (χ1v) is 3.00. The number of hydrogen-bond donors (Lipinski definition) is 0. The second-order valence-corrected chi connectivity index (χ2v) is 2.04. The molecule has 0 aromatic carbocycles. The van der Waals surface area contributed by atoms with Crippen molar-refractivity contribution in [3.8, 4) is 0 Å². The molecule has 58 valence electrons. The van der Waals surface area contributed by atoms with E-state index in [0.29, 0.717) is 11.6 Å². The van der Waals surface area contributed by atoms with Gasteiger partial charge in [-0.25, -0.2) is 15.0 Å². The Kier molecular flexibility index (Phi) is 5.54. The van der Waals surface area contributed by atoms with Crippen LogP contribution in [0.15, 0.2) is 0 Å². The van der Waals surface area contributed by atoms with E-state index in [2.05, 4.69) is 15.0 Å². The fourth-order valence-corrected chi connectivity index (χ4v) is 0.707. The third-order valence-corrected chi connectivity index (χ3v) is 1.04. The number of carboxylic acids is 1. The quantitative estimate of drug-likeness (QED) is 0.523. The van der Waals surface area contributed by atoms with E-state index < -0.39 is 5.97 Å². The van der Waals surface area contributed by atoms with Crippen LogP contribution in [0.5, 0.6) is 0 Å². The molecule has 12 heavy (non-hydrogen) atoms. The van der Waals surface area contributed by atoms with Crippen LogP contribution in [0.3, 0.4) is 0 Å². The van der Waals surface area contributed by atoms with Crippen LogP contribution in [0.2, 0.25) is 0 Å². The fourth-order valence-electron chi connectivity index (χ4n) is 0.707. The van der Waals surface area contributed by atoms with E-state index in [1.807, 2.05) is 0 Å². The van der Waals surface area contributed by atoms with Crippen LogP contribution in [-0.4, -0.2) is 20.9 Å². The average Bonchev–Trinajstić information content (AvgIpc) is 1.85. The maximum Gasteiger partial charge on any atom is 1.00 e. The molecule has 1 aromatic rings. The summed E-state index contributed by atoms with van der Waals surface area (Å²) in [4.78, 5) is 21.1. The molecule has 0 unspecified atom stereocenters. The number of rotatable bonds is 1. The molecule has 1 heterocycles. The molecule has 0 spiro atoms. The van der Waals surface area contributed by atoms with Gasteiger partial charge in [-0.2, -0.15) is 0 Å². The number of nitrogens with zero attached hydrogens (tertiary/aromatic N) is 3. The van der Waals surface area contributed by atoms with Gasteiger partial charge < -0.3 is 9.90 Å². The minimum atomic E-state index is -1.38. The number of carbonyl (C=O) groups excluding carboxylic acids is 1. The molecule has 0 atom stereocenters. The fraction of sp³-hybridized carbons (Fsp3) is 0.333. The molecule has 0 N–H and O–H groups in total. The van der Waals surface area contributed by atoms with Gasteiger partial charge in [-0.05, 0) is 13.8 Å². The number of aromatic carboxylic acids is 1. The Labute approximate surface area is 128 Å². The summed E-state index contributed by atoms with van der Waals surface area (Å²) in [5.41, 5.74) is 0. The summed E-state index contributed by atoms with van der Waals surface area (Å²) in [6.45, 7) is 3.20. The summed E-state index contributed by atoms with van der Waals surface area (Å²) in [6.07, 6.45) is 0. The van der Waals surface area contributed by atoms with Gasteiger partial charge in [0.15, 0.2) is 5.82 Å². The van der Waals surface area contributed by atoms with Crippen LogP contribution in [0.1, 0.15) is 22.3 Å². The normalized spacial score (nSPS) is 8.83. The smallest absolute Gasteiger partial charge is 0.541 e. The molecule has 0 saturated heterocycles. The van der Waals surface area contributed by atoms with E-state index in [-0.39, 0.29) is 74.7 Å². The van der Waals surface area contributed by atoms with Gasteiger partial charge >= 0.3 is 68.9 Å². The minimum absolute atomic E-state index is 0. The molecule has 1 aromatic heterocycles. The average molecular weight is 285 g/mol. The van der Waals surface area contributed by atoms with Gasteiger partial charge in [0.1, 0.15) is 17.6 Å². The van der Waals surface area contributed by atoms with Gasteiger partial charge in [-0.3, -0.25) is 0 Å². The van der Waals surface area contributed by atoms with E-state index >= 15 is 0 Å². The Morgan fingerprint density at radius 3 is 1.92 bits per heavy atom. The van der Waals surface area contributed by atoms with Crippen molar-refractivity contribution in [2.75, 3.05) is 0 Å². The van der Waals surface area contributed by atoms with Crippen LogP contribution in [0.25, 0.3) is 0 Å². The van der Waals surface area contributed by atoms with E-state index in [0.717, 1.165) is 0 Å². The zero-order valence-electron chi connectivity index (χ0n) is 7.16. The molecule has 0 aliphatic carbocycles. The van der Waals surface area contributed by atoms with Gasteiger partial charge in [0.25, 0.3) is 0 Å². The minimum Gasteiger partial charge on any atom is -0.541 e. The molecular weight excluding hydrogens is 279 g/mol. The number of hydrogen-bond acceptors (Lipinski definition) is 5. The van der Waals surface area contributed by atoms with Crippen LogP contribution < -0.4 is 74.0 Å². The molecule has 0 bridgehead atoms.